The highest BCUT2D eigenvalue weighted by atomic mass is 16.6. The van der Waals surface area contributed by atoms with E-state index in [1.807, 2.05) is 13.8 Å². The molecule has 0 aliphatic carbocycles. The predicted molar refractivity (Wildman–Crippen MR) is 71.7 cm³/mol. The fourth-order valence-electron chi connectivity index (χ4n) is 2.04. The van der Waals surface area contributed by atoms with Gasteiger partial charge in [0, 0.05) is 17.5 Å². The number of nitro groups is 1. The molecular weight excluding hydrogens is 278 g/mol. The second-order valence-corrected chi connectivity index (χ2v) is 5.20. The van der Waals surface area contributed by atoms with Gasteiger partial charge in [0.2, 0.25) is 6.10 Å². The molecule has 0 amide bonds. The van der Waals surface area contributed by atoms with Crippen LogP contribution in [0.5, 0.6) is 0 Å². The maximum absolute atomic E-state index is 12.0. The molecule has 0 bridgehead atoms. The molecule has 2 atom stereocenters. The summed E-state index contributed by atoms with van der Waals surface area (Å²) < 4.78 is 10.2. The lowest BCUT2D eigenvalue weighted by molar-refractivity contribution is -0.384. The number of hydrogen-bond acceptors (Lipinski definition) is 6. The zero-order valence-electron chi connectivity index (χ0n) is 11.7. The van der Waals surface area contributed by atoms with Crippen LogP contribution in [0.25, 0.3) is 0 Å². The third-order valence-electron chi connectivity index (χ3n) is 3.74. The zero-order valence-corrected chi connectivity index (χ0v) is 11.7. The van der Waals surface area contributed by atoms with Crippen LogP contribution in [0.3, 0.4) is 0 Å². The minimum Gasteiger partial charge on any atom is -0.462 e. The number of hydrogen-bond donors (Lipinski definition) is 0. The van der Waals surface area contributed by atoms with Gasteiger partial charge in [-0.15, -0.1) is 0 Å². The Morgan fingerprint density at radius 2 is 2.10 bits per heavy atom. The first-order valence-corrected chi connectivity index (χ1v) is 6.49. The Bertz CT molecular complexity index is 582. The van der Waals surface area contributed by atoms with Crippen LogP contribution in [0.2, 0.25) is 0 Å². The molecule has 1 saturated heterocycles. The fourth-order valence-corrected chi connectivity index (χ4v) is 2.04. The van der Waals surface area contributed by atoms with E-state index in [0.29, 0.717) is 6.42 Å². The number of carbonyl (C=O) groups excluding carboxylic acids is 2. The molecule has 7 nitrogen and oxygen atoms in total. The van der Waals surface area contributed by atoms with Crippen LogP contribution in [0, 0.1) is 15.5 Å². The molecule has 1 aliphatic heterocycles. The first kappa shape index (κ1) is 15.0. The Kier molecular flexibility index (Phi) is 3.93. The van der Waals surface area contributed by atoms with Crippen LogP contribution in [0.15, 0.2) is 24.3 Å². The summed E-state index contributed by atoms with van der Waals surface area (Å²) in [5.74, 6) is -1.26. The third-order valence-corrected chi connectivity index (χ3v) is 3.74. The van der Waals surface area contributed by atoms with Crippen molar-refractivity contribution in [3.63, 3.8) is 0 Å². The molecule has 7 heteroatoms. The van der Waals surface area contributed by atoms with Crippen molar-refractivity contribution in [2.45, 2.75) is 26.4 Å². The second kappa shape index (κ2) is 5.51. The molecule has 0 spiro atoms. The zero-order chi connectivity index (χ0) is 15.6. The van der Waals surface area contributed by atoms with Gasteiger partial charge in [-0.25, -0.2) is 9.59 Å². The number of rotatable bonds is 4. The first-order valence-electron chi connectivity index (χ1n) is 6.49. The molecule has 0 saturated carbocycles. The number of cyclic esters (lactones) is 1. The molecule has 21 heavy (non-hydrogen) atoms. The van der Waals surface area contributed by atoms with Crippen molar-refractivity contribution in [1.82, 2.24) is 0 Å². The van der Waals surface area contributed by atoms with Crippen molar-refractivity contribution in [1.29, 1.82) is 0 Å². The Balaban J connectivity index is 2.14. The lowest BCUT2D eigenvalue weighted by Crippen LogP contribution is -2.36. The smallest absolute Gasteiger partial charge is 0.348 e. The van der Waals surface area contributed by atoms with Crippen molar-refractivity contribution in [2.24, 2.45) is 5.41 Å². The van der Waals surface area contributed by atoms with E-state index in [0.717, 1.165) is 0 Å². The number of ether oxygens (including phenoxy) is 2. The number of esters is 2. The van der Waals surface area contributed by atoms with Gasteiger partial charge in [-0.3, -0.25) is 10.1 Å². The summed E-state index contributed by atoms with van der Waals surface area (Å²) in [5, 5.41) is 10.6. The molecule has 112 valence electrons. The summed E-state index contributed by atoms with van der Waals surface area (Å²) >= 11 is 0. The average molecular weight is 293 g/mol. The van der Waals surface area contributed by atoms with E-state index in [1.165, 1.54) is 24.3 Å². The molecule has 0 unspecified atom stereocenters. The first-order chi connectivity index (χ1) is 9.87. The van der Waals surface area contributed by atoms with Gasteiger partial charge in [-0.05, 0) is 18.6 Å². The van der Waals surface area contributed by atoms with E-state index in [1.54, 1.807) is 0 Å². The van der Waals surface area contributed by atoms with Crippen molar-refractivity contribution in [2.75, 3.05) is 6.61 Å². The molecular formula is C14H15NO6. The number of nitrogens with zero attached hydrogens (tertiary/aromatic N) is 1. The molecule has 1 aliphatic rings. The molecule has 1 aromatic rings. The molecule has 0 N–H and O–H groups in total. The normalized spacial score (nSPS) is 24.5. The van der Waals surface area contributed by atoms with Gasteiger partial charge in [-0.2, -0.15) is 0 Å². The second-order valence-electron chi connectivity index (χ2n) is 5.20. The molecule has 1 fully saturated rings. The van der Waals surface area contributed by atoms with E-state index < -0.39 is 28.4 Å². The van der Waals surface area contributed by atoms with Crippen LogP contribution in [0.1, 0.15) is 30.6 Å². The quantitative estimate of drug-likeness (QED) is 0.479. The molecule has 1 heterocycles. The number of non-ortho nitro benzene ring substituents is 1. The van der Waals surface area contributed by atoms with E-state index in [-0.39, 0.29) is 17.9 Å². The summed E-state index contributed by atoms with van der Waals surface area (Å²) in [7, 11) is 0. The topological polar surface area (TPSA) is 95.7 Å². The Morgan fingerprint density at radius 1 is 1.48 bits per heavy atom. The lowest BCUT2D eigenvalue weighted by atomic mass is 9.84. The molecule has 1 aromatic carbocycles. The van der Waals surface area contributed by atoms with Crippen LogP contribution >= 0.6 is 0 Å². The standard InChI is InChI=1S/C14H15NO6/c1-3-14(2)8-20-13(17)11(14)21-12(16)9-4-6-10(7-5-9)15(18)19/h4-7,11H,3,8H2,1-2H3/t11-,14-/m1/s1. The van der Waals surface area contributed by atoms with Gasteiger partial charge < -0.3 is 9.47 Å². The van der Waals surface area contributed by atoms with Gasteiger partial charge in [-0.1, -0.05) is 13.8 Å². The van der Waals surface area contributed by atoms with Gasteiger partial charge in [0.15, 0.2) is 0 Å². The maximum Gasteiger partial charge on any atom is 0.348 e. The largest absolute Gasteiger partial charge is 0.462 e. The van der Waals surface area contributed by atoms with Crippen molar-refractivity contribution in [3.05, 3.63) is 39.9 Å². The summed E-state index contributed by atoms with van der Waals surface area (Å²) in [6.45, 7) is 3.90. The number of benzene rings is 1. The summed E-state index contributed by atoms with van der Waals surface area (Å²) in [6, 6.07) is 5.01. The van der Waals surface area contributed by atoms with Gasteiger partial charge >= 0.3 is 11.9 Å². The van der Waals surface area contributed by atoms with Gasteiger partial charge in [0.1, 0.15) is 6.61 Å². The van der Waals surface area contributed by atoms with Crippen molar-refractivity contribution >= 4 is 17.6 Å². The minimum absolute atomic E-state index is 0.120. The minimum atomic E-state index is -0.954. The lowest BCUT2D eigenvalue weighted by Gasteiger charge is -2.24. The van der Waals surface area contributed by atoms with Crippen molar-refractivity contribution < 1.29 is 24.0 Å². The highest BCUT2D eigenvalue weighted by molar-refractivity contribution is 5.92. The molecule has 2 rings (SSSR count). The summed E-state index contributed by atoms with van der Waals surface area (Å²) in [5.41, 5.74) is -0.517. The third kappa shape index (κ3) is 2.86. The van der Waals surface area contributed by atoms with Crippen LogP contribution in [-0.4, -0.2) is 29.6 Å². The highest BCUT2D eigenvalue weighted by Crippen LogP contribution is 2.35. The highest BCUT2D eigenvalue weighted by Gasteiger charge is 2.48. The monoisotopic (exact) mass is 293 g/mol. The average Bonchev–Trinajstić information content (AvgIpc) is 2.76. The van der Waals surface area contributed by atoms with Gasteiger partial charge in [0.25, 0.3) is 5.69 Å². The Hall–Kier alpha value is -2.44. The Morgan fingerprint density at radius 3 is 2.62 bits per heavy atom. The Labute approximate surface area is 121 Å². The SMILES string of the molecule is CC[C@]1(C)COC(=O)[C@H]1OC(=O)c1ccc([N+](=O)[O-])cc1. The number of carbonyl (C=O) groups is 2. The molecule has 0 aromatic heterocycles. The van der Waals surface area contributed by atoms with Crippen LogP contribution < -0.4 is 0 Å². The van der Waals surface area contributed by atoms with Crippen LogP contribution in [0.4, 0.5) is 5.69 Å². The van der Waals surface area contributed by atoms with E-state index in [2.05, 4.69) is 0 Å². The maximum atomic E-state index is 12.0. The van der Waals surface area contributed by atoms with E-state index >= 15 is 0 Å². The number of nitro benzene ring substituents is 1. The van der Waals surface area contributed by atoms with Crippen molar-refractivity contribution in [3.8, 4) is 0 Å². The fraction of sp³-hybridized carbons (Fsp3) is 0.429. The summed E-state index contributed by atoms with van der Waals surface area (Å²) in [4.78, 5) is 33.7. The van der Waals surface area contributed by atoms with E-state index in [4.69, 9.17) is 9.47 Å². The molecule has 0 radical (unpaired) electrons. The van der Waals surface area contributed by atoms with Gasteiger partial charge in [0.05, 0.1) is 10.5 Å². The predicted octanol–water partition coefficient (Wildman–Crippen LogP) is 2.09. The van der Waals surface area contributed by atoms with Crippen LogP contribution in [-0.2, 0) is 14.3 Å². The van der Waals surface area contributed by atoms with E-state index in [9.17, 15) is 19.7 Å². The summed E-state index contributed by atoms with van der Waals surface area (Å²) in [6.07, 6.45) is -0.332.